The van der Waals surface area contributed by atoms with E-state index in [1.165, 1.54) is 44.4 Å². The van der Waals surface area contributed by atoms with Crippen molar-refractivity contribution in [3.8, 4) is 0 Å². The molecule has 0 saturated carbocycles. The van der Waals surface area contributed by atoms with Crippen LogP contribution in [0.1, 0.15) is 71.6 Å². The second-order valence-electron chi connectivity index (χ2n) is 5.03. The second-order valence-corrected chi connectivity index (χ2v) is 6.30. The summed E-state index contributed by atoms with van der Waals surface area (Å²) in [4.78, 5) is 25.0. The summed E-state index contributed by atoms with van der Waals surface area (Å²) in [5.41, 5.74) is 8.65. The zero-order valence-corrected chi connectivity index (χ0v) is 13.5. The molecule has 5 heteroatoms. The molecule has 0 atom stereocenters. The Morgan fingerprint density at radius 2 is 1.40 bits per heavy atom. The van der Waals surface area contributed by atoms with Crippen LogP contribution in [0.15, 0.2) is 0 Å². The van der Waals surface area contributed by atoms with Gasteiger partial charge < -0.3 is 5.53 Å². The van der Waals surface area contributed by atoms with Crippen molar-refractivity contribution < 1.29 is 14.4 Å². The highest BCUT2D eigenvalue weighted by Gasteiger charge is 2.11. The second kappa shape index (κ2) is 13.1. The van der Waals surface area contributed by atoms with E-state index in [9.17, 15) is 9.59 Å². The maximum atomic E-state index is 11.3. The van der Waals surface area contributed by atoms with E-state index >= 15 is 0 Å². The molecule has 0 aliphatic heterocycles. The molecule has 0 aliphatic carbocycles. The molecule has 0 aliphatic rings. The highest BCUT2D eigenvalue weighted by atomic mass is 32.2. The molecule has 0 aromatic heterocycles. The van der Waals surface area contributed by atoms with Crippen LogP contribution in [-0.4, -0.2) is 27.2 Å². The minimum atomic E-state index is -0.0597. The lowest BCUT2D eigenvalue weighted by molar-refractivity contribution is -0.117. The molecule has 0 aromatic rings. The molecule has 0 amide bonds. The third kappa shape index (κ3) is 12.1. The van der Waals surface area contributed by atoms with Gasteiger partial charge in [0, 0.05) is 26.0 Å². The average molecular weight is 298 g/mol. The lowest BCUT2D eigenvalue weighted by Crippen LogP contribution is -2.10. The Balaban J connectivity index is 3.23. The first-order chi connectivity index (χ1) is 9.57. The molecule has 114 valence electrons. The van der Waals surface area contributed by atoms with Crippen molar-refractivity contribution in [1.29, 1.82) is 0 Å². The summed E-state index contributed by atoms with van der Waals surface area (Å²) in [5.74, 6) is 0.888. The molecule has 0 saturated heterocycles. The standard InChI is InChI=1S/C15H26N2O2S/c1-13(17-16)15(19)11-9-7-5-3-4-6-8-10-12-20-14(2)18/h3-12H2,1-2H3. The number of hydrogen-bond acceptors (Lipinski definition) is 3. The lowest BCUT2D eigenvalue weighted by atomic mass is 10.1. The number of unbranched alkanes of at least 4 members (excludes halogenated alkanes) is 7. The van der Waals surface area contributed by atoms with Crippen LogP contribution < -0.4 is 0 Å². The van der Waals surface area contributed by atoms with Crippen LogP contribution in [0.2, 0.25) is 0 Å². The summed E-state index contributed by atoms with van der Waals surface area (Å²) in [6.45, 7) is 3.15. The summed E-state index contributed by atoms with van der Waals surface area (Å²) in [6.07, 6.45) is 9.57. The van der Waals surface area contributed by atoms with Crippen molar-refractivity contribution in [2.45, 2.75) is 71.6 Å². The van der Waals surface area contributed by atoms with Crippen molar-refractivity contribution >= 4 is 28.4 Å². The van der Waals surface area contributed by atoms with E-state index in [4.69, 9.17) is 5.53 Å². The Bertz CT molecular complexity index is 350. The Kier molecular flexibility index (Phi) is 12.5. The topological polar surface area (TPSA) is 70.5 Å². The van der Waals surface area contributed by atoms with Crippen LogP contribution in [0, 0.1) is 0 Å². The van der Waals surface area contributed by atoms with Crippen LogP contribution in [0.3, 0.4) is 0 Å². The number of rotatable bonds is 12. The maximum Gasteiger partial charge on any atom is 0.331 e. The molecule has 0 rings (SSSR count). The molecule has 0 unspecified atom stereocenters. The number of carbonyl (C=O) groups excluding carboxylic acids is 2. The molecular weight excluding hydrogens is 272 g/mol. The number of nitrogens with zero attached hydrogens (tertiary/aromatic N) is 2. The molecule has 20 heavy (non-hydrogen) atoms. The fraction of sp³-hybridized carbons (Fsp3) is 0.800. The van der Waals surface area contributed by atoms with Crippen LogP contribution in [0.25, 0.3) is 5.53 Å². The summed E-state index contributed by atoms with van der Waals surface area (Å²) < 4.78 is 0. The molecule has 4 nitrogen and oxygen atoms in total. The zero-order chi connectivity index (χ0) is 15.2. The molecule has 0 heterocycles. The van der Waals surface area contributed by atoms with Gasteiger partial charge in [0.15, 0.2) is 5.12 Å². The summed E-state index contributed by atoms with van der Waals surface area (Å²) >= 11 is 1.41. The van der Waals surface area contributed by atoms with Crippen LogP contribution in [0.4, 0.5) is 0 Å². The molecule has 0 spiro atoms. The van der Waals surface area contributed by atoms with E-state index in [0.29, 0.717) is 6.42 Å². The molecule has 0 bridgehead atoms. The van der Waals surface area contributed by atoms with Gasteiger partial charge in [0.25, 0.3) is 0 Å². The number of hydrogen-bond donors (Lipinski definition) is 0. The van der Waals surface area contributed by atoms with Crippen molar-refractivity contribution in [3.63, 3.8) is 0 Å². The van der Waals surface area contributed by atoms with Gasteiger partial charge in [-0.3, -0.25) is 9.59 Å². The fourth-order valence-corrected chi connectivity index (χ4v) is 2.54. The predicted octanol–water partition coefficient (Wildman–Crippen LogP) is 4.04. The molecule has 0 radical (unpaired) electrons. The quantitative estimate of drug-likeness (QED) is 0.236. The first-order valence-corrected chi connectivity index (χ1v) is 8.41. The van der Waals surface area contributed by atoms with Gasteiger partial charge in [-0.25, -0.2) is 0 Å². The minimum Gasteiger partial charge on any atom is -0.361 e. The van der Waals surface area contributed by atoms with Gasteiger partial charge in [0.1, 0.15) is 0 Å². The molecule has 0 aromatic carbocycles. The van der Waals surface area contributed by atoms with E-state index in [1.807, 2.05) is 0 Å². The predicted molar refractivity (Wildman–Crippen MR) is 84.0 cm³/mol. The highest BCUT2D eigenvalue weighted by molar-refractivity contribution is 8.13. The zero-order valence-electron chi connectivity index (χ0n) is 12.7. The summed E-state index contributed by atoms with van der Waals surface area (Å²) in [5, 5.41) is 0.209. The smallest absolute Gasteiger partial charge is 0.331 e. The normalized spacial score (nSPS) is 10.1. The molecule has 0 N–H and O–H groups in total. The van der Waals surface area contributed by atoms with Gasteiger partial charge in [0.2, 0.25) is 5.78 Å². The molecular formula is C15H26N2O2S. The van der Waals surface area contributed by atoms with Gasteiger partial charge >= 0.3 is 5.71 Å². The van der Waals surface area contributed by atoms with E-state index in [2.05, 4.69) is 4.79 Å². The van der Waals surface area contributed by atoms with Crippen molar-refractivity contribution in [2.75, 3.05) is 5.75 Å². The van der Waals surface area contributed by atoms with Crippen LogP contribution >= 0.6 is 11.8 Å². The Morgan fingerprint density at radius 3 is 1.90 bits per heavy atom. The van der Waals surface area contributed by atoms with Gasteiger partial charge in [0.05, 0.1) is 0 Å². The largest absolute Gasteiger partial charge is 0.361 e. The lowest BCUT2D eigenvalue weighted by Gasteiger charge is -2.01. The third-order valence-corrected chi connectivity index (χ3v) is 4.06. The van der Waals surface area contributed by atoms with Crippen molar-refractivity contribution in [1.82, 2.24) is 0 Å². The third-order valence-electron chi connectivity index (χ3n) is 3.16. The molecule has 0 fully saturated rings. The van der Waals surface area contributed by atoms with Gasteiger partial charge in [-0.2, -0.15) is 4.79 Å². The van der Waals surface area contributed by atoms with E-state index in [-0.39, 0.29) is 16.6 Å². The fourth-order valence-electron chi connectivity index (χ4n) is 1.90. The SMILES string of the molecule is CC(=O)SCCCCCCCCCCC(=O)C(C)=[N+]=[N-]. The van der Waals surface area contributed by atoms with Crippen LogP contribution in [-0.2, 0) is 9.59 Å². The van der Waals surface area contributed by atoms with Crippen molar-refractivity contribution in [2.24, 2.45) is 0 Å². The van der Waals surface area contributed by atoms with Crippen molar-refractivity contribution in [3.05, 3.63) is 5.53 Å². The monoisotopic (exact) mass is 298 g/mol. The van der Waals surface area contributed by atoms with Gasteiger partial charge in [-0.15, -0.1) is 0 Å². The number of carbonyl (C=O) groups is 2. The van der Waals surface area contributed by atoms with E-state index in [1.54, 1.807) is 6.92 Å². The first kappa shape index (κ1) is 19.1. The maximum absolute atomic E-state index is 11.3. The minimum absolute atomic E-state index is 0.0597. The Morgan fingerprint density at radius 1 is 0.900 bits per heavy atom. The summed E-state index contributed by atoms with van der Waals surface area (Å²) in [7, 11) is 0. The Hall–Kier alpha value is -0.930. The summed E-state index contributed by atoms with van der Waals surface area (Å²) in [6, 6.07) is 0. The van der Waals surface area contributed by atoms with E-state index < -0.39 is 0 Å². The first-order valence-electron chi connectivity index (χ1n) is 7.43. The van der Waals surface area contributed by atoms with Gasteiger partial charge in [-0.1, -0.05) is 50.3 Å². The van der Waals surface area contributed by atoms with Crippen LogP contribution in [0.5, 0.6) is 0 Å². The highest BCUT2D eigenvalue weighted by Crippen LogP contribution is 2.12. The number of Topliss-reactive ketones (excluding diaryl/α,β-unsaturated/α-hetero) is 1. The van der Waals surface area contributed by atoms with Gasteiger partial charge in [-0.05, 0) is 12.8 Å². The number of thioether (sulfide) groups is 1. The Labute approximate surface area is 126 Å². The van der Waals surface area contributed by atoms with E-state index in [0.717, 1.165) is 31.4 Å². The average Bonchev–Trinajstić information content (AvgIpc) is 2.43. The number of ketones is 1.